The average Bonchev–Trinajstić information content (AvgIpc) is 2.58. The summed E-state index contributed by atoms with van der Waals surface area (Å²) in [7, 11) is 2.86. The highest BCUT2D eigenvalue weighted by Gasteiger charge is 2.17. The van der Waals surface area contributed by atoms with Crippen molar-refractivity contribution >= 4 is 28.6 Å². The van der Waals surface area contributed by atoms with Crippen molar-refractivity contribution in [2.45, 2.75) is 26.7 Å². The quantitative estimate of drug-likeness (QED) is 0.774. The summed E-state index contributed by atoms with van der Waals surface area (Å²) in [6.45, 7) is 3.63. The molecule has 0 spiro atoms. The van der Waals surface area contributed by atoms with Gasteiger partial charge in [0.15, 0.2) is 5.65 Å². The van der Waals surface area contributed by atoms with E-state index in [2.05, 4.69) is 10.3 Å². The largest absolute Gasteiger partial charge is 0.466 e. The van der Waals surface area contributed by atoms with Crippen LogP contribution >= 0.6 is 0 Å². The van der Waals surface area contributed by atoms with Crippen molar-refractivity contribution in [1.29, 1.82) is 0 Å². The van der Waals surface area contributed by atoms with Crippen LogP contribution in [0.3, 0.4) is 0 Å². The van der Waals surface area contributed by atoms with Crippen LogP contribution in [0.25, 0.3) is 11.0 Å². The van der Waals surface area contributed by atoms with E-state index in [1.807, 2.05) is 0 Å². The fourth-order valence-corrected chi connectivity index (χ4v) is 2.43. The molecule has 0 saturated carbocycles. The lowest BCUT2D eigenvalue weighted by Gasteiger charge is -2.13. The molecule has 134 valence electrons. The number of carbonyl (C=O) groups excluding carboxylic acids is 2. The number of hydrogen-bond donors (Lipinski definition) is 1. The Labute approximate surface area is 143 Å². The van der Waals surface area contributed by atoms with Crippen molar-refractivity contribution in [1.82, 2.24) is 14.1 Å². The highest BCUT2D eigenvalue weighted by Crippen LogP contribution is 2.21. The molecular formula is C16H20N4O5. The van der Waals surface area contributed by atoms with Gasteiger partial charge in [-0.3, -0.25) is 23.5 Å². The second-order valence-electron chi connectivity index (χ2n) is 5.57. The maximum Gasteiger partial charge on any atom is 0.332 e. The molecule has 9 nitrogen and oxygen atoms in total. The predicted octanol–water partition coefficient (Wildman–Crippen LogP) is 0.222. The fraction of sp³-hybridized carbons (Fsp3) is 0.438. The van der Waals surface area contributed by atoms with Crippen LogP contribution < -0.4 is 16.6 Å². The molecule has 2 aromatic heterocycles. The number of anilines is 1. The Morgan fingerprint density at radius 1 is 1.20 bits per heavy atom. The number of esters is 1. The summed E-state index contributed by atoms with van der Waals surface area (Å²) in [6, 6.07) is 0. The smallest absolute Gasteiger partial charge is 0.332 e. The van der Waals surface area contributed by atoms with Gasteiger partial charge in [0.05, 0.1) is 18.7 Å². The molecule has 0 aliphatic heterocycles. The van der Waals surface area contributed by atoms with Gasteiger partial charge in [0.25, 0.3) is 5.56 Å². The molecule has 0 bridgehead atoms. The Morgan fingerprint density at radius 2 is 1.88 bits per heavy atom. The molecule has 0 radical (unpaired) electrons. The topological polar surface area (TPSA) is 112 Å². The molecule has 0 unspecified atom stereocenters. The normalized spacial score (nSPS) is 10.7. The van der Waals surface area contributed by atoms with E-state index in [-0.39, 0.29) is 36.2 Å². The summed E-state index contributed by atoms with van der Waals surface area (Å²) < 4.78 is 6.98. The van der Waals surface area contributed by atoms with E-state index in [0.717, 1.165) is 4.57 Å². The van der Waals surface area contributed by atoms with Gasteiger partial charge in [0, 0.05) is 26.7 Å². The molecular weight excluding hydrogens is 328 g/mol. The van der Waals surface area contributed by atoms with Gasteiger partial charge in [-0.25, -0.2) is 9.78 Å². The SMILES string of the molecule is CCOC(=O)CCC(=O)Nc1c(C)cnc2c1c(=O)n(C)c(=O)n2C. The molecule has 0 fully saturated rings. The second kappa shape index (κ2) is 7.29. The van der Waals surface area contributed by atoms with Gasteiger partial charge >= 0.3 is 11.7 Å². The highest BCUT2D eigenvalue weighted by atomic mass is 16.5. The Hall–Kier alpha value is -2.97. The van der Waals surface area contributed by atoms with Crippen molar-refractivity contribution in [2.24, 2.45) is 14.1 Å². The van der Waals surface area contributed by atoms with Gasteiger partial charge < -0.3 is 10.1 Å². The van der Waals surface area contributed by atoms with Crippen LogP contribution in [0.2, 0.25) is 0 Å². The average molecular weight is 348 g/mol. The number of ether oxygens (including phenoxy) is 1. The fourth-order valence-electron chi connectivity index (χ4n) is 2.43. The Morgan fingerprint density at radius 3 is 2.52 bits per heavy atom. The summed E-state index contributed by atoms with van der Waals surface area (Å²) in [6.07, 6.45) is 1.34. The van der Waals surface area contributed by atoms with E-state index in [4.69, 9.17) is 4.74 Å². The van der Waals surface area contributed by atoms with Gasteiger partial charge in [0.1, 0.15) is 5.39 Å². The first-order chi connectivity index (χ1) is 11.8. The zero-order valence-electron chi connectivity index (χ0n) is 14.6. The van der Waals surface area contributed by atoms with E-state index in [9.17, 15) is 19.2 Å². The number of hydrogen-bond acceptors (Lipinski definition) is 6. The monoisotopic (exact) mass is 348 g/mol. The first-order valence-electron chi connectivity index (χ1n) is 7.78. The molecule has 0 aliphatic rings. The van der Waals surface area contributed by atoms with Gasteiger partial charge in [-0.05, 0) is 19.4 Å². The third kappa shape index (κ3) is 3.59. The number of aromatic nitrogens is 3. The minimum absolute atomic E-state index is 0.0573. The van der Waals surface area contributed by atoms with Crippen LogP contribution in [0, 0.1) is 6.92 Å². The van der Waals surface area contributed by atoms with E-state index in [0.29, 0.717) is 5.56 Å². The molecule has 0 saturated heterocycles. The summed E-state index contributed by atoms with van der Waals surface area (Å²) in [4.78, 5) is 52.1. The van der Waals surface area contributed by atoms with Crippen LogP contribution in [0.1, 0.15) is 25.3 Å². The van der Waals surface area contributed by atoms with Gasteiger partial charge in [0.2, 0.25) is 5.91 Å². The van der Waals surface area contributed by atoms with Crippen LogP contribution in [-0.4, -0.2) is 32.6 Å². The van der Waals surface area contributed by atoms with Crippen molar-refractivity contribution in [3.63, 3.8) is 0 Å². The van der Waals surface area contributed by atoms with Crippen molar-refractivity contribution in [3.05, 3.63) is 32.6 Å². The number of aryl methyl sites for hydroxylation is 2. The van der Waals surface area contributed by atoms with Crippen LogP contribution in [0.15, 0.2) is 15.8 Å². The Balaban J connectivity index is 2.43. The predicted molar refractivity (Wildman–Crippen MR) is 91.5 cm³/mol. The molecule has 2 rings (SSSR count). The third-order valence-corrected chi connectivity index (χ3v) is 3.78. The van der Waals surface area contributed by atoms with E-state index in [1.54, 1.807) is 13.8 Å². The molecule has 1 amide bonds. The van der Waals surface area contributed by atoms with Crippen LogP contribution in [0.5, 0.6) is 0 Å². The molecule has 0 aliphatic carbocycles. The summed E-state index contributed by atoms with van der Waals surface area (Å²) in [5, 5.41) is 2.80. The molecule has 0 atom stereocenters. The second-order valence-corrected chi connectivity index (χ2v) is 5.57. The Bertz CT molecular complexity index is 958. The number of rotatable bonds is 5. The number of carbonyl (C=O) groups is 2. The van der Waals surface area contributed by atoms with E-state index < -0.39 is 23.1 Å². The van der Waals surface area contributed by atoms with Crippen molar-refractivity contribution in [2.75, 3.05) is 11.9 Å². The molecule has 2 heterocycles. The van der Waals surface area contributed by atoms with Gasteiger partial charge in [-0.15, -0.1) is 0 Å². The van der Waals surface area contributed by atoms with Crippen LogP contribution in [-0.2, 0) is 28.4 Å². The number of nitrogens with zero attached hydrogens (tertiary/aromatic N) is 3. The minimum Gasteiger partial charge on any atom is -0.466 e. The summed E-state index contributed by atoms with van der Waals surface area (Å²) >= 11 is 0. The zero-order valence-corrected chi connectivity index (χ0v) is 14.6. The lowest BCUT2D eigenvalue weighted by molar-refractivity contribution is -0.144. The van der Waals surface area contributed by atoms with E-state index in [1.165, 1.54) is 24.9 Å². The molecule has 1 N–H and O–H groups in total. The summed E-state index contributed by atoms with van der Waals surface area (Å²) in [5.41, 5.74) is -0.00869. The lowest BCUT2D eigenvalue weighted by Crippen LogP contribution is -2.37. The first kappa shape index (κ1) is 18.4. The molecule has 25 heavy (non-hydrogen) atoms. The van der Waals surface area contributed by atoms with Crippen LogP contribution in [0.4, 0.5) is 5.69 Å². The number of nitrogens with one attached hydrogen (secondary N) is 1. The maximum atomic E-state index is 12.5. The third-order valence-electron chi connectivity index (χ3n) is 3.78. The lowest BCUT2D eigenvalue weighted by atomic mass is 10.1. The van der Waals surface area contributed by atoms with Gasteiger partial charge in [-0.2, -0.15) is 0 Å². The highest BCUT2D eigenvalue weighted by molar-refractivity contribution is 6.01. The van der Waals surface area contributed by atoms with Gasteiger partial charge in [-0.1, -0.05) is 0 Å². The molecule has 9 heteroatoms. The zero-order chi connectivity index (χ0) is 18.7. The number of pyridine rings is 1. The first-order valence-corrected chi connectivity index (χ1v) is 7.78. The Kier molecular flexibility index (Phi) is 5.35. The maximum absolute atomic E-state index is 12.5. The van der Waals surface area contributed by atoms with Crippen molar-refractivity contribution in [3.8, 4) is 0 Å². The number of fused-ring (bicyclic) bond motifs is 1. The standard InChI is InChI=1S/C16H20N4O5/c1-5-25-11(22)7-6-10(21)18-13-9(2)8-17-14-12(13)15(23)20(4)16(24)19(14)3/h8H,5-7H2,1-4H3,(H,17,18,21). The summed E-state index contributed by atoms with van der Waals surface area (Å²) in [5.74, 6) is -0.896. The van der Waals surface area contributed by atoms with E-state index >= 15 is 0 Å². The molecule has 0 aromatic carbocycles. The minimum atomic E-state index is -0.546. The molecule has 2 aromatic rings. The van der Waals surface area contributed by atoms with Crippen molar-refractivity contribution < 1.29 is 14.3 Å². The number of amides is 1.